The van der Waals surface area contributed by atoms with E-state index in [1.165, 1.54) is 0 Å². The summed E-state index contributed by atoms with van der Waals surface area (Å²) in [6, 6.07) is 0. The van der Waals surface area contributed by atoms with Gasteiger partial charge in [0, 0.05) is 0 Å². The molecule has 0 bridgehead atoms. The summed E-state index contributed by atoms with van der Waals surface area (Å²) in [6.07, 6.45) is -4.52. The topological polar surface area (TPSA) is 131 Å². The van der Waals surface area contributed by atoms with Gasteiger partial charge in [-0.1, -0.05) is 0 Å². The molecule has 2 heterocycles. The average Bonchev–Trinajstić information content (AvgIpc) is 2.61. The smallest absolute Gasteiger partial charge is 0.351 e. The third-order valence-electron chi connectivity index (χ3n) is 2.73. The Morgan fingerprint density at radius 1 is 1.50 bits per heavy atom. The van der Waals surface area contributed by atoms with Gasteiger partial charge in [-0.2, -0.15) is 4.98 Å². The Labute approximate surface area is 100 Å². The second kappa shape index (κ2) is 4.61. The van der Waals surface area contributed by atoms with Crippen LogP contribution in [0.1, 0.15) is 6.23 Å². The van der Waals surface area contributed by atoms with E-state index in [-0.39, 0.29) is 0 Å². The number of aliphatic hydroxyl groups is 3. The maximum absolute atomic E-state index is 13.2. The lowest BCUT2D eigenvalue weighted by molar-refractivity contribution is -0.0553. The summed E-state index contributed by atoms with van der Waals surface area (Å²) >= 11 is 0. The van der Waals surface area contributed by atoms with Gasteiger partial charge >= 0.3 is 5.69 Å². The van der Waals surface area contributed by atoms with Gasteiger partial charge in [-0.15, -0.1) is 0 Å². The van der Waals surface area contributed by atoms with Gasteiger partial charge < -0.3 is 25.8 Å². The molecule has 1 aromatic heterocycles. The van der Waals surface area contributed by atoms with E-state index < -0.39 is 48.5 Å². The predicted octanol–water partition coefficient (Wildman–Crippen LogP) is -2.42. The molecule has 1 aromatic rings. The van der Waals surface area contributed by atoms with Crippen molar-refractivity contribution in [2.24, 2.45) is 0 Å². The Morgan fingerprint density at radius 2 is 2.17 bits per heavy atom. The van der Waals surface area contributed by atoms with Crippen LogP contribution in [-0.4, -0.2) is 49.8 Å². The van der Waals surface area contributed by atoms with Crippen LogP contribution in [0.5, 0.6) is 0 Å². The van der Waals surface area contributed by atoms with Crippen LogP contribution < -0.4 is 11.4 Å². The van der Waals surface area contributed by atoms with E-state index in [9.17, 15) is 19.4 Å². The number of nitrogens with two attached hydrogens (primary N) is 1. The molecule has 0 radical (unpaired) electrons. The first-order valence-electron chi connectivity index (χ1n) is 5.12. The third kappa shape index (κ3) is 1.97. The number of hydrogen-bond acceptors (Lipinski definition) is 7. The highest BCUT2D eigenvalue weighted by Gasteiger charge is 2.43. The van der Waals surface area contributed by atoms with Crippen LogP contribution in [0, 0.1) is 5.82 Å². The number of anilines is 1. The molecule has 0 unspecified atom stereocenters. The zero-order valence-electron chi connectivity index (χ0n) is 9.10. The SMILES string of the molecule is Nc1nc(=O)n([C@H]2O[C@@H](CO)[C@H](O)[C@H]2O)cc1F. The van der Waals surface area contributed by atoms with Crippen LogP contribution in [0.3, 0.4) is 0 Å². The molecule has 18 heavy (non-hydrogen) atoms. The first-order valence-corrected chi connectivity index (χ1v) is 5.12. The quantitative estimate of drug-likeness (QED) is 0.465. The van der Waals surface area contributed by atoms with E-state index in [4.69, 9.17) is 15.6 Å². The fourth-order valence-electron chi connectivity index (χ4n) is 1.75. The third-order valence-corrected chi connectivity index (χ3v) is 2.73. The van der Waals surface area contributed by atoms with Crippen molar-refractivity contribution in [2.45, 2.75) is 24.5 Å². The lowest BCUT2D eigenvalue weighted by atomic mass is 10.1. The highest BCUT2D eigenvalue weighted by Crippen LogP contribution is 2.28. The molecule has 0 aromatic carbocycles. The summed E-state index contributed by atoms with van der Waals surface area (Å²) in [5.41, 5.74) is 4.18. The van der Waals surface area contributed by atoms with Crippen molar-refractivity contribution in [2.75, 3.05) is 12.3 Å². The normalized spacial score (nSPS) is 31.8. The molecular weight excluding hydrogens is 249 g/mol. The van der Waals surface area contributed by atoms with Crippen LogP contribution in [0.25, 0.3) is 0 Å². The fourth-order valence-corrected chi connectivity index (χ4v) is 1.75. The standard InChI is InChI=1S/C9H12FN3O5/c10-3-1-13(9(17)12-7(3)11)8-6(16)5(15)4(2-14)18-8/h1,4-6,8,14-16H,2H2,(H2,11,12,17)/t4-,5-,6+,8-/m0/s1. The van der Waals surface area contributed by atoms with E-state index in [1.54, 1.807) is 0 Å². The van der Waals surface area contributed by atoms with Crippen LogP contribution in [-0.2, 0) is 4.74 Å². The van der Waals surface area contributed by atoms with E-state index in [2.05, 4.69) is 4.98 Å². The van der Waals surface area contributed by atoms with Gasteiger partial charge in [0.25, 0.3) is 0 Å². The number of nitrogens with zero attached hydrogens (tertiary/aromatic N) is 2. The van der Waals surface area contributed by atoms with Gasteiger partial charge in [-0.25, -0.2) is 9.18 Å². The molecule has 1 saturated heterocycles. The molecule has 1 aliphatic rings. The van der Waals surface area contributed by atoms with Crippen molar-refractivity contribution < 1.29 is 24.4 Å². The summed E-state index contributed by atoms with van der Waals surface area (Å²) in [5, 5.41) is 28.1. The van der Waals surface area contributed by atoms with Gasteiger partial charge in [0.15, 0.2) is 17.9 Å². The van der Waals surface area contributed by atoms with Gasteiger partial charge in [-0.3, -0.25) is 4.57 Å². The number of aromatic nitrogens is 2. The number of ether oxygens (including phenoxy) is 1. The zero-order chi connectivity index (χ0) is 13.4. The molecule has 5 N–H and O–H groups in total. The minimum atomic E-state index is -1.48. The van der Waals surface area contributed by atoms with Crippen molar-refractivity contribution in [1.29, 1.82) is 0 Å². The van der Waals surface area contributed by atoms with E-state index in [0.29, 0.717) is 4.57 Å². The van der Waals surface area contributed by atoms with Gasteiger partial charge in [0.1, 0.15) is 18.3 Å². The molecular formula is C9H12FN3O5. The lowest BCUT2D eigenvalue weighted by Gasteiger charge is -2.17. The summed E-state index contributed by atoms with van der Waals surface area (Å²) in [7, 11) is 0. The summed E-state index contributed by atoms with van der Waals surface area (Å²) in [4.78, 5) is 14.7. The van der Waals surface area contributed by atoms with Crippen LogP contribution in [0.4, 0.5) is 10.2 Å². The Kier molecular flexibility index (Phi) is 3.30. The van der Waals surface area contributed by atoms with Crippen LogP contribution in [0.15, 0.2) is 11.0 Å². The van der Waals surface area contributed by atoms with Gasteiger partial charge in [0.05, 0.1) is 12.8 Å². The van der Waals surface area contributed by atoms with E-state index in [1.807, 2.05) is 0 Å². The highest BCUT2D eigenvalue weighted by molar-refractivity contribution is 5.26. The number of aliphatic hydroxyl groups excluding tert-OH is 3. The molecule has 9 heteroatoms. The molecule has 2 rings (SSSR count). The van der Waals surface area contributed by atoms with Crippen LogP contribution in [0.2, 0.25) is 0 Å². The van der Waals surface area contributed by atoms with Gasteiger partial charge in [-0.05, 0) is 0 Å². The largest absolute Gasteiger partial charge is 0.394 e. The number of hydrogen-bond donors (Lipinski definition) is 4. The summed E-state index contributed by atoms with van der Waals surface area (Å²) in [6.45, 7) is -0.547. The number of halogens is 1. The summed E-state index contributed by atoms with van der Waals surface area (Å²) in [5.74, 6) is -1.52. The fraction of sp³-hybridized carbons (Fsp3) is 0.556. The Hall–Kier alpha value is -1.55. The second-order valence-electron chi connectivity index (χ2n) is 3.89. The summed E-state index contributed by atoms with van der Waals surface area (Å²) < 4.78 is 19.0. The number of rotatable bonds is 2. The first kappa shape index (κ1) is 12.9. The predicted molar refractivity (Wildman–Crippen MR) is 55.9 cm³/mol. The molecule has 1 aliphatic heterocycles. The molecule has 0 spiro atoms. The van der Waals surface area contributed by atoms with E-state index in [0.717, 1.165) is 6.20 Å². The Bertz CT molecular complexity index is 507. The minimum Gasteiger partial charge on any atom is -0.394 e. The van der Waals surface area contributed by atoms with Crippen molar-refractivity contribution >= 4 is 5.82 Å². The average molecular weight is 261 g/mol. The Balaban J connectivity index is 2.39. The maximum atomic E-state index is 13.2. The monoisotopic (exact) mass is 261 g/mol. The molecule has 0 amide bonds. The zero-order valence-corrected chi connectivity index (χ0v) is 9.10. The molecule has 8 nitrogen and oxygen atoms in total. The van der Waals surface area contributed by atoms with Crippen molar-refractivity contribution in [3.63, 3.8) is 0 Å². The maximum Gasteiger partial charge on any atom is 0.351 e. The highest BCUT2D eigenvalue weighted by atomic mass is 19.1. The Morgan fingerprint density at radius 3 is 2.72 bits per heavy atom. The molecule has 4 atom stereocenters. The molecule has 0 saturated carbocycles. The number of nitrogen functional groups attached to an aromatic ring is 1. The first-order chi connectivity index (χ1) is 8.45. The molecule has 1 fully saturated rings. The van der Waals surface area contributed by atoms with Crippen molar-refractivity contribution in [3.05, 3.63) is 22.5 Å². The lowest BCUT2D eigenvalue weighted by Crippen LogP contribution is -2.36. The van der Waals surface area contributed by atoms with E-state index >= 15 is 0 Å². The molecule has 100 valence electrons. The van der Waals surface area contributed by atoms with Gasteiger partial charge in [0.2, 0.25) is 0 Å². The minimum absolute atomic E-state index is 0.547. The van der Waals surface area contributed by atoms with Crippen molar-refractivity contribution in [1.82, 2.24) is 9.55 Å². The van der Waals surface area contributed by atoms with Crippen LogP contribution >= 0.6 is 0 Å². The van der Waals surface area contributed by atoms with Crippen molar-refractivity contribution in [3.8, 4) is 0 Å². The molecule has 0 aliphatic carbocycles. The second-order valence-corrected chi connectivity index (χ2v) is 3.89.